The average Bonchev–Trinajstić information content (AvgIpc) is 2.94. The molecule has 2 atom stereocenters. The number of rotatable bonds is 3. The highest BCUT2D eigenvalue weighted by atomic mass is 35.5. The van der Waals surface area contributed by atoms with Crippen LogP contribution in [-0.4, -0.2) is 6.54 Å². The summed E-state index contributed by atoms with van der Waals surface area (Å²) in [5.41, 5.74) is 7.34. The van der Waals surface area contributed by atoms with Crippen LogP contribution < -0.4 is 5.73 Å². The van der Waals surface area contributed by atoms with Crippen LogP contribution in [0.4, 0.5) is 0 Å². The van der Waals surface area contributed by atoms with Gasteiger partial charge in [-0.2, -0.15) is 0 Å². The normalized spacial score (nSPS) is 29.5. The van der Waals surface area contributed by atoms with E-state index in [4.69, 9.17) is 17.3 Å². The van der Waals surface area contributed by atoms with Gasteiger partial charge < -0.3 is 5.73 Å². The summed E-state index contributed by atoms with van der Waals surface area (Å²) in [6.45, 7) is 5.23. The minimum Gasteiger partial charge on any atom is -0.330 e. The maximum atomic E-state index is 6.24. The van der Waals surface area contributed by atoms with Crippen molar-refractivity contribution in [2.24, 2.45) is 17.6 Å². The standard InChI is InChI=1S/C13H18ClN/c1-9(2)11-7-13(11,8-15)10-5-3-4-6-12(10)14/h3-6,9,11H,7-8,15H2,1-2H3. The molecular weight excluding hydrogens is 206 g/mol. The van der Waals surface area contributed by atoms with E-state index in [-0.39, 0.29) is 5.41 Å². The molecule has 82 valence electrons. The fourth-order valence-electron chi connectivity index (χ4n) is 2.73. The highest BCUT2D eigenvalue weighted by molar-refractivity contribution is 6.31. The van der Waals surface area contributed by atoms with Crippen LogP contribution in [0.2, 0.25) is 5.02 Å². The van der Waals surface area contributed by atoms with Crippen LogP contribution >= 0.6 is 11.6 Å². The van der Waals surface area contributed by atoms with E-state index in [1.54, 1.807) is 0 Å². The maximum Gasteiger partial charge on any atom is 0.0444 e. The second-order valence-electron chi connectivity index (χ2n) is 4.89. The van der Waals surface area contributed by atoms with Crippen LogP contribution in [0.25, 0.3) is 0 Å². The van der Waals surface area contributed by atoms with Crippen LogP contribution in [0.1, 0.15) is 25.8 Å². The van der Waals surface area contributed by atoms with Crippen LogP contribution in [0.15, 0.2) is 24.3 Å². The lowest BCUT2D eigenvalue weighted by Crippen LogP contribution is -2.24. The van der Waals surface area contributed by atoms with E-state index in [1.807, 2.05) is 18.2 Å². The van der Waals surface area contributed by atoms with Gasteiger partial charge in [-0.25, -0.2) is 0 Å². The summed E-state index contributed by atoms with van der Waals surface area (Å²) in [7, 11) is 0. The van der Waals surface area contributed by atoms with Gasteiger partial charge in [0.05, 0.1) is 0 Å². The van der Waals surface area contributed by atoms with Crippen molar-refractivity contribution in [2.45, 2.75) is 25.7 Å². The Morgan fingerprint density at radius 1 is 1.47 bits per heavy atom. The van der Waals surface area contributed by atoms with E-state index < -0.39 is 0 Å². The van der Waals surface area contributed by atoms with E-state index in [0.29, 0.717) is 18.4 Å². The Labute approximate surface area is 96.6 Å². The Bertz CT molecular complexity index is 361. The van der Waals surface area contributed by atoms with E-state index in [0.717, 1.165) is 5.02 Å². The van der Waals surface area contributed by atoms with Crippen molar-refractivity contribution in [3.05, 3.63) is 34.9 Å². The molecule has 2 heteroatoms. The second kappa shape index (κ2) is 3.80. The second-order valence-corrected chi connectivity index (χ2v) is 5.30. The number of benzene rings is 1. The maximum absolute atomic E-state index is 6.24. The topological polar surface area (TPSA) is 26.0 Å². The molecule has 1 fully saturated rings. The predicted molar refractivity (Wildman–Crippen MR) is 65.1 cm³/mol. The monoisotopic (exact) mass is 223 g/mol. The zero-order chi connectivity index (χ0) is 11.1. The van der Waals surface area contributed by atoms with Crippen molar-refractivity contribution < 1.29 is 0 Å². The first-order chi connectivity index (χ1) is 7.12. The fourth-order valence-corrected chi connectivity index (χ4v) is 3.05. The largest absolute Gasteiger partial charge is 0.330 e. The molecule has 2 rings (SSSR count). The van der Waals surface area contributed by atoms with Gasteiger partial charge in [0.2, 0.25) is 0 Å². The van der Waals surface area contributed by atoms with E-state index in [1.165, 1.54) is 12.0 Å². The molecule has 0 heterocycles. The Kier molecular flexibility index (Phi) is 2.78. The molecule has 1 saturated carbocycles. The molecule has 0 spiro atoms. The summed E-state index contributed by atoms with van der Waals surface area (Å²) in [4.78, 5) is 0. The number of hydrogen-bond acceptors (Lipinski definition) is 1. The van der Waals surface area contributed by atoms with Crippen LogP contribution in [0.3, 0.4) is 0 Å². The molecule has 1 nitrogen and oxygen atoms in total. The van der Waals surface area contributed by atoms with Crippen LogP contribution in [-0.2, 0) is 5.41 Å². The molecule has 2 unspecified atom stereocenters. The van der Waals surface area contributed by atoms with Crippen LogP contribution in [0.5, 0.6) is 0 Å². The van der Waals surface area contributed by atoms with E-state index >= 15 is 0 Å². The Morgan fingerprint density at radius 3 is 2.60 bits per heavy atom. The average molecular weight is 224 g/mol. The molecule has 15 heavy (non-hydrogen) atoms. The minimum atomic E-state index is 0.159. The number of nitrogens with two attached hydrogens (primary N) is 1. The molecule has 0 aromatic heterocycles. The number of halogens is 1. The van der Waals surface area contributed by atoms with Crippen LogP contribution in [0, 0.1) is 11.8 Å². The smallest absolute Gasteiger partial charge is 0.0444 e. The predicted octanol–water partition coefficient (Wildman–Crippen LogP) is 3.21. The lowest BCUT2D eigenvalue weighted by atomic mass is 9.89. The Balaban J connectivity index is 2.34. The summed E-state index contributed by atoms with van der Waals surface area (Å²) in [5, 5.41) is 0.867. The first-order valence-electron chi connectivity index (χ1n) is 5.57. The van der Waals surface area contributed by atoms with Crippen molar-refractivity contribution in [1.82, 2.24) is 0 Å². The van der Waals surface area contributed by atoms with Gasteiger partial charge in [-0.05, 0) is 29.9 Å². The summed E-state index contributed by atoms with van der Waals surface area (Å²) in [6, 6.07) is 8.11. The quantitative estimate of drug-likeness (QED) is 0.837. The van der Waals surface area contributed by atoms with Gasteiger partial charge in [-0.15, -0.1) is 0 Å². The molecule has 0 amide bonds. The minimum absolute atomic E-state index is 0.159. The van der Waals surface area contributed by atoms with E-state index in [2.05, 4.69) is 19.9 Å². The lowest BCUT2D eigenvalue weighted by Gasteiger charge is -2.18. The van der Waals surface area contributed by atoms with Gasteiger partial charge in [-0.3, -0.25) is 0 Å². The molecule has 1 aromatic carbocycles. The van der Waals surface area contributed by atoms with Gasteiger partial charge in [0.25, 0.3) is 0 Å². The SMILES string of the molecule is CC(C)C1CC1(CN)c1ccccc1Cl. The van der Waals surface area contributed by atoms with Gasteiger partial charge >= 0.3 is 0 Å². The zero-order valence-corrected chi connectivity index (χ0v) is 10.1. The highest BCUT2D eigenvalue weighted by Crippen LogP contribution is 2.58. The van der Waals surface area contributed by atoms with Crippen molar-refractivity contribution in [1.29, 1.82) is 0 Å². The Morgan fingerprint density at radius 2 is 2.13 bits per heavy atom. The highest BCUT2D eigenvalue weighted by Gasteiger charge is 2.55. The molecule has 2 N–H and O–H groups in total. The van der Waals surface area contributed by atoms with Crippen molar-refractivity contribution in [3.63, 3.8) is 0 Å². The third-order valence-corrected chi connectivity index (χ3v) is 4.04. The summed E-state index contributed by atoms with van der Waals surface area (Å²) in [5.74, 6) is 1.38. The van der Waals surface area contributed by atoms with Gasteiger partial charge in [-0.1, -0.05) is 43.6 Å². The van der Waals surface area contributed by atoms with Gasteiger partial charge in [0, 0.05) is 17.0 Å². The first kappa shape index (κ1) is 11.0. The molecule has 1 aromatic rings. The molecule has 0 aliphatic heterocycles. The third kappa shape index (κ3) is 1.68. The molecule has 0 bridgehead atoms. The van der Waals surface area contributed by atoms with Gasteiger partial charge in [0.1, 0.15) is 0 Å². The molecule has 0 radical (unpaired) electrons. The van der Waals surface area contributed by atoms with Crippen molar-refractivity contribution >= 4 is 11.6 Å². The molecule has 1 aliphatic carbocycles. The Hall–Kier alpha value is -0.530. The van der Waals surface area contributed by atoms with Gasteiger partial charge in [0.15, 0.2) is 0 Å². The fraction of sp³-hybridized carbons (Fsp3) is 0.538. The molecule has 0 saturated heterocycles. The van der Waals surface area contributed by atoms with E-state index in [9.17, 15) is 0 Å². The summed E-state index contributed by atoms with van der Waals surface area (Å²) < 4.78 is 0. The lowest BCUT2D eigenvalue weighted by molar-refractivity contribution is 0.484. The first-order valence-corrected chi connectivity index (χ1v) is 5.94. The molecule has 1 aliphatic rings. The summed E-state index contributed by atoms with van der Waals surface area (Å²) in [6.07, 6.45) is 1.19. The zero-order valence-electron chi connectivity index (χ0n) is 9.33. The van der Waals surface area contributed by atoms with Crippen molar-refractivity contribution in [3.8, 4) is 0 Å². The third-order valence-electron chi connectivity index (χ3n) is 3.71. The van der Waals surface area contributed by atoms with Crippen molar-refractivity contribution in [2.75, 3.05) is 6.54 Å². The molecular formula is C13H18ClN. The number of hydrogen-bond donors (Lipinski definition) is 1. The summed E-state index contributed by atoms with van der Waals surface area (Å²) >= 11 is 6.24.